The molecule has 0 saturated heterocycles. The molecule has 1 aromatic rings. The van der Waals surface area contributed by atoms with Crippen LogP contribution in [0.4, 0.5) is 0 Å². The van der Waals surface area contributed by atoms with Gasteiger partial charge in [0, 0.05) is 18.2 Å². The zero-order valence-corrected chi connectivity index (χ0v) is 10.0. The minimum atomic E-state index is -1.04. The minimum Gasteiger partial charge on any atom is -0.507 e. The summed E-state index contributed by atoms with van der Waals surface area (Å²) < 4.78 is 0. The van der Waals surface area contributed by atoms with E-state index >= 15 is 0 Å². The minimum absolute atomic E-state index is 0.0122. The lowest BCUT2D eigenvalue weighted by Crippen LogP contribution is -1.95. The van der Waals surface area contributed by atoms with Crippen molar-refractivity contribution in [1.29, 1.82) is 0 Å². The highest BCUT2D eigenvalue weighted by atomic mass is 32.2. The van der Waals surface area contributed by atoms with Crippen LogP contribution in [0.1, 0.15) is 22.8 Å². The first-order chi connectivity index (χ1) is 8.00. The molecule has 0 saturated carbocycles. The van der Waals surface area contributed by atoms with Crippen LogP contribution in [0.2, 0.25) is 0 Å². The summed E-state index contributed by atoms with van der Waals surface area (Å²) in [5, 5.41) is 18.3. The van der Waals surface area contributed by atoms with Gasteiger partial charge in [0.1, 0.15) is 5.75 Å². The smallest absolute Gasteiger partial charge is 0.335 e. The first kappa shape index (κ1) is 13.3. The maximum absolute atomic E-state index is 10.7. The van der Waals surface area contributed by atoms with Gasteiger partial charge in [-0.2, -0.15) is 0 Å². The number of carbonyl (C=O) groups excluding carboxylic acids is 1. The molecule has 0 fully saturated rings. The van der Waals surface area contributed by atoms with Gasteiger partial charge in [-0.05, 0) is 18.2 Å². The summed E-state index contributed by atoms with van der Waals surface area (Å²) in [6.07, 6.45) is 3.30. The summed E-state index contributed by atoms with van der Waals surface area (Å²) in [4.78, 5) is 21.4. The second-order valence-corrected chi connectivity index (χ2v) is 4.48. The van der Waals surface area contributed by atoms with E-state index in [4.69, 9.17) is 5.11 Å². The van der Waals surface area contributed by atoms with Crippen LogP contribution in [0.25, 0.3) is 6.08 Å². The third-order valence-electron chi connectivity index (χ3n) is 1.95. The topological polar surface area (TPSA) is 74.6 Å². The number of carbonyl (C=O) groups is 2. The fourth-order valence-electron chi connectivity index (χ4n) is 1.16. The van der Waals surface area contributed by atoms with Gasteiger partial charge in [-0.1, -0.05) is 23.9 Å². The van der Waals surface area contributed by atoms with Gasteiger partial charge in [0.25, 0.3) is 0 Å². The number of aromatic hydroxyl groups is 1. The Morgan fingerprint density at radius 3 is 2.71 bits per heavy atom. The number of carboxylic acid groups (broad SMARTS) is 1. The van der Waals surface area contributed by atoms with Crippen molar-refractivity contribution < 1.29 is 19.8 Å². The van der Waals surface area contributed by atoms with E-state index in [-0.39, 0.29) is 16.4 Å². The highest BCUT2D eigenvalue weighted by molar-refractivity contribution is 8.13. The predicted molar refractivity (Wildman–Crippen MR) is 67.2 cm³/mol. The maximum atomic E-state index is 10.7. The molecule has 0 atom stereocenters. The number of hydrogen-bond acceptors (Lipinski definition) is 4. The normalized spacial score (nSPS) is 10.6. The molecule has 0 heterocycles. The van der Waals surface area contributed by atoms with E-state index in [0.717, 1.165) is 11.8 Å². The van der Waals surface area contributed by atoms with Crippen molar-refractivity contribution >= 4 is 28.9 Å². The van der Waals surface area contributed by atoms with E-state index in [9.17, 15) is 14.7 Å². The van der Waals surface area contributed by atoms with Crippen molar-refractivity contribution in [3.8, 4) is 5.75 Å². The monoisotopic (exact) mass is 252 g/mol. The summed E-state index contributed by atoms with van der Waals surface area (Å²) in [5.74, 6) is -0.539. The Morgan fingerprint density at radius 1 is 1.41 bits per heavy atom. The molecule has 0 aliphatic heterocycles. The van der Waals surface area contributed by atoms with Crippen molar-refractivity contribution in [3.05, 3.63) is 35.4 Å². The molecule has 0 bridgehead atoms. The van der Waals surface area contributed by atoms with Crippen molar-refractivity contribution in [1.82, 2.24) is 0 Å². The summed E-state index contributed by atoms with van der Waals surface area (Å²) in [6.45, 7) is 1.47. The van der Waals surface area contributed by atoms with Crippen molar-refractivity contribution in [3.63, 3.8) is 0 Å². The number of benzene rings is 1. The van der Waals surface area contributed by atoms with E-state index in [0.29, 0.717) is 11.3 Å². The number of carboxylic acids is 1. The van der Waals surface area contributed by atoms with Crippen LogP contribution in [0.5, 0.6) is 5.75 Å². The Balaban J connectivity index is 2.79. The molecular formula is C12H12O4S. The Morgan fingerprint density at radius 2 is 2.12 bits per heavy atom. The van der Waals surface area contributed by atoms with Gasteiger partial charge in [0.2, 0.25) is 0 Å². The van der Waals surface area contributed by atoms with Gasteiger partial charge in [-0.15, -0.1) is 0 Å². The molecule has 17 heavy (non-hydrogen) atoms. The van der Waals surface area contributed by atoms with E-state index < -0.39 is 5.97 Å². The number of phenols is 1. The van der Waals surface area contributed by atoms with Crippen molar-refractivity contribution in [2.45, 2.75) is 6.92 Å². The van der Waals surface area contributed by atoms with E-state index in [1.807, 2.05) is 0 Å². The number of rotatable bonds is 4. The third kappa shape index (κ3) is 4.32. The number of aromatic carboxylic acids is 1. The molecule has 1 rings (SSSR count). The zero-order chi connectivity index (χ0) is 12.8. The third-order valence-corrected chi connectivity index (χ3v) is 2.72. The molecule has 1 aromatic carbocycles. The van der Waals surface area contributed by atoms with Crippen LogP contribution < -0.4 is 0 Å². The lowest BCUT2D eigenvalue weighted by molar-refractivity contribution is -0.109. The van der Waals surface area contributed by atoms with E-state index in [2.05, 4.69) is 0 Å². The SMILES string of the molecule is CC(=O)SCC=Cc1cc(C(=O)O)ccc1O. The molecule has 90 valence electrons. The molecule has 0 radical (unpaired) electrons. The molecule has 5 heteroatoms. The molecule has 4 nitrogen and oxygen atoms in total. The summed E-state index contributed by atoms with van der Waals surface area (Å²) in [5.41, 5.74) is 0.538. The molecule has 0 spiro atoms. The van der Waals surface area contributed by atoms with Gasteiger partial charge in [0.05, 0.1) is 5.56 Å². The number of thioether (sulfide) groups is 1. The van der Waals surface area contributed by atoms with Crippen LogP contribution in [-0.4, -0.2) is 27.1 Å². The first-order valence-corrected chi connectivity index (χ1v) is 5.85. The summed E-state index contributed by atoms with van der Waals surface area (Å²) in [7, 11) is 0. The van der Waals surface area contributed by atoms with Crippen LogP contribution in [0, 0.1) is 0 Å². The molecule has 0 amide bonds. The average Bonchev–Trinajstić information content (AvgIpc) is 2.25. The van der Waals surface area contributed by atoms with Crippen LogP contribution in [-0.2, 0) is 4.79 Å². The summed E-state index contributed by atoms with van der Waals surface area (Å²) >= 11 is 1.14. The second kappa shape index (κ2) is 6.10. The van der Waals surface area contributed by atoms with Gasteiger partial charge >= 0.3 is 5.97 Å². The van der Waals surface area contributed by atoms with Gasteiger partial charge < -0.3 is 10.2 Å². The predicted octanol–water partition coefficient (Wildman–Crippen LogP) is 2.38. The lowest BCUT2D eigenvalue weighted by Gasteiger charge is -2.00. The fourth-order valence-corrected chi connectivity index (χ4v) is 1.59. The van der Waals surface area contributed by atoms with Crippen molar-refractivity contribution in [2.24, 2.45) is 0 Å². The Kier molecular flexibility index (Phi) is 4.78. The largest absolute Gasteiger partial charge is 0.507 e. The quantitative estimate of drug-likeness (QED) is 0.860. The molecule has 0 unspecified atom stereocenters. The Bertz CT molecular complexity index is 466. The van der Waals surface area contributed by atoms with Crippen LogP contribution >= 0.6 is 11.8 Å². The fraction of sp³-hybridized carbons (Fsp3) is 0.167. The number of hydrogen-bond donors (Lipinski definition) is 2. The van der Waals surface area contributed by atoms with E-state index in [1.165, 1.54) is 25.1 Å². The molecular weight excluding hydrogens is 240 g/mol. The van der Waals surface area contributed by atoms with Crippen molar-refractivity contribution in [2.75, 3.05) is 5.75 Å². The molecule has 0 aliphatic rings. The molecule has 0 aromatic heterocycles. The first-order valence-electron chi connectivity index (χ1n) is 4.87. The highest BCUT2D eigenvalue weighted by Gasteiger charge is 2.05. The molecule has 0 aliphatic carbocycles. The van der Waals surface area contributed by atoms with Gasteiger partial charge in [-0.3, -0.25) is 4.79 Å². The van der Waals surface area contributed by atoms with Gasteiger partial charge in [-0.25, -0.2) is 4.79 Å². The van der Waals surface area contributed by atoms with Crippen LogP contribution in [0.15, 0.2) is 24.3 Å². The lowest BCUT2D eigenvalue weighted by atomic mass is 10.1. The Hall–Kier alpha value is -1.75. The Labute approximate surface area is 103 Å². The molecule has 2 N–H and O–H groups in total. The van der Waals surface area contributed by atoms with Gasteiger partial charge in [0.15, 0.2) is 5.12 Å². The second-order valence-electron chi connectivity index (χ2n) is 3.28. The highest BCUT2D eigenvalue weighted by Crippen LogP contribution is 2.20. The summed E-state index contributed by atoms with van der Waals surface area (Å²) in [6, 6.07) is 4.05. The average molecular weight is 252 g/mol. The zero-order valence-electron chi connectivity index (χ0n) is 9.21. The van der Waals surface area contributed by atoms with Crippen LogP contribution in [0.3, 0.4) is 0 Å². The van der Waals surface area contributed by atoms with E-state index in [1.54, 1.807) is 12.2 Å². The number of phenolic OH excluding ortho intramolecular Hbond substituents is 1. The standard InChI is InChI=1S/C12H12O4S/c1-8(13)17-6-2-3-9-7-10(12(15)16)4-5-11(9)14/h2-5,7,14H,6H2,1H3,(H,15,16). The maximum Gasteiger partial charge on any atom is 0.335 e.